The second-order valence-corrected chi connectivity index (χ2v) is 6.53. The van der Waals surface area contributed by atoms with E-state index in [1.54, 1.807) is 30.3 Å². The Labute approximate surface area is 169 Å². The number of halogens is 3. The van der Waals surface area contributed by atoms with Gasteiger partial charge in [-0.15, -0.1) is 5.10 Å². The van der Waals surface area contributed by atoms with Crippen molar-refractivity contribution in [3.8, 4) is 17.1 Å². The van der Waals surface area contributed by atoms with Crippen LogP contribution in [0.1, 0.15) is 10.6 Å². The molecule has 4 aromatic rings. The van der Waals surface area contributed by atoms with Crippen molar-refractivity contribution in [3.05, 3.63) is 95.3 Å². The Morgan fingerprint density at radius 2 is 1.72 bits per heavy atom. The number of para-hydroxylation sites is 1. The summed E-state index contributed by atoms with van der Waals surface area (Å²) in [6.07, 6.45) is 0. The standard InChI is InChI=1S/C21H13ClF2N4O/c22-14-5-3-4-13(12-14)20-26-19(21(29)25-18-7-2-1-6-17(18)24)27-28(20)16-10-8-15(23)9-11-16/h1-12H,(H,25,29). The quantitative estimate of drug-likeness (QED) is 0.508. The van der Waals surface area contributed by atoms with Crippen molar-refractivity contribution in [2.24, 2.45) is 0 Å². The number of amides is 1. The van der Waals surface area contributed by atoms with Gasteiger partial charge in [0.2, 0.25) is 5.82 Å². The van der Waals surface area contributed by atoms with Crippen LogP contribution in [-0.2, 0) is 0 Å². The van der Waals surface area contributed by atoms with Crippen LogP contribution in [0, 0.1) is 11.6 Å². The maximum absolute atomic E-state index is 13.9. The zero-order chi connectivity index (χ0) is 20.4. The van der Waals surface area contributed by atoms with E-state index in [2.05, 4.69) is 15.4 Å². The van der Waals surface area contributed by atoms with Crippen molar-refractivity contribution in [2.75, 3.05) is 5.32 Å². The van der Waals surface area contributed by atoms with Gasteiger partial charge in [0.25, 0.3) is 5.91 Å². The summed E-state index contributed by atoms with van der Waals surface area (Å²) in [6, 6.07) is 18.2. The fraction of sp³-hybridized carbons (Fsp3) is 0. The summed E-state index contributed by atoms with van der Waals surface area (Å²) in [5.74, 6) is -1.51. The first kappa shape index (κ1) is 18.8. The molecule has 0 aliphatic heterocycles. The third-order valence-electron chi connectivity index (χ3n) is 4.09. The molecular weight excluding hydrogens is 398 g/mol. The molecule has 0 saturated carbocycles. The molecule has 3 aromatic carbocycles. The summed E-state index contributed by atoms with van der Waals surface area (Å²) in [6.45, 7) is 0. The predicted octanol–water partition coefficient (Wildman–Crippen LogP) is 5.12. The normalized spacial score (nSPS) is 10.7. The van der Waals surface area contributed by atoms with E-state index < -0.39 is 17.5 Å². The van der Waals surface area contributed by atoms with E-state index in [0.29, 0.717) is 22.1 Å². The highest BCUT2D eigenvalue weighted by Crippen LogP contribution is 2.24. The SMILES string of the molecule is O=C(Nc1ccccc1F)c1nc(-c2cccc(Cl)c2)n(-c2ccc(F)cc2)n1. The molecule has 144 valence electrons. The number of hydrogen-bond acceptors (Lipinski definition) is 3. The molecule has 4 rings (SSSR count). The highest BCUT2D eigenvalue weighted by Gasteiger charge is 2.20. The number of nitrogens with one attached hydrogen (secondary N) is 1. The van der Waals surface area contributed by atoms with Crippen LogP contribution in [0.4, 0.5) is 14.5 Å². The first-order chi connectivity index (χ1) is 14.0. The van der Waals surface area contributed by atoms with Crippen LogP contribution < -0.4 is 5.32 Å². The molecule has 1 aromatic heterocycles. The highest BCUT2D eigenvalue weighted by atomic mass is 35.5. The average Bonchev–Trinajstić information content (AvgIpc) is 3.16. The lowest BCUT2D eigenvalue weighted by Crippen LogP contribution is -2.15. The van der Waals surface area contributed by atoms with Gasteiger partial charge >= 0.3 is 0 Å². The monoisotopic (exact) mass is 410 g/mol. The number of carbonyl (C=O) groups is 1. The van der Waals surface area contributed by atoms with Gasteiger partial charge in [-0.2, -0.15) is 0 Å². The molecule has 0 bridgehead atoms. The van der Waals surface area contributed by atoms with Crippen LogP contribution in [0.2, 0.25) is 5.02 Å². The molecule has 1 amide bonds. The summed E-state index contributed by atoms with van der Waals surface area (Å²) in [5, 5.41) is 7.18. The van der Waals surface area contributed by atoms with Crippen LogP contribution in [0.3, 0.4) is 0 Å². The van der Waals surface area contributed by atoms with Crippen molar-refractivity contribution >= 4 is 23.2 Å². The van der Waals surface area contributed by atoms with Gasteiger partial charge in [0.05, 0.1) is 11.4 Å². The van der Waals surface area contributed by atoms with Gasteiger partial charge in [-0.25, -0.2) is 18.4 Å². The third kappa shape index (κ3) is 4.00. The number of hydrogen-bond donors (Lipinski definition) is 1. The van der Waals surface area contributed by atoms with Gasteiger partial charge in [-0.05, 0) is 48.5 Å². The van der Waals surface area contributed by atoms with Crippen LogP contribution in [0.5, 0.6) is 0 Å². The van der Waals surface area contributed by atoms with Gasteiger partial charge < -0.3 is 5.32 Å². The molecule has 0 spiro atoms. The number of carbonyl (C=O) groups excluding carboxylic acids is 1. The Hall–Kier alpha value is -3.58. The molecule has 0 aliphatic carbocycles. The minimum Gasteiger partial charge on any atom is -0.317 e. The number of nitrogens with zero attached hydrogens (tertiary/aromatic N) is 3. The fourth-order valence-electron chi connectivity index (χ4n) is 2.73. The van der Waals surface area contributed by atoms with Crippen LogP contribution >= 0.6 is 11.6 Å². The molecule has 0 unspecified atom stereocenters. The zero-order valence-corrected chi connectivity index (χ0v) is 15.6. The first-order valence-corrected chi connectivity index (χ1v) is 8.94. The van der Waals surface area contributed by atoms with Crippen molar-refractivity contribution in [1.82, 2.24) is 14.8 Å². The van der Waals surface area contributed by atoms with E-state index in [-0.39, 0.29) is 11.5 Å². The molecule has 1 N–H and O–H groups in total. The summed E-state index contributed by atoms with van der Waals surface area (Å²) in [4.78, 5) is 16.9. The number of aromatic nitrogens is 3. The Kier molecular flexibility index (Phi) is 5.05. The van der Waals surface area contributed by atoms with E-state index in [0.717, 1.165) is 0 Å². The number of rotatable bonds is 4. The van der Waals surface area contributed by atoms with Crippen LogP contribution in [-0.4, -0.2) is 20.7 Å². The van der Waals surface area contributed by atoms with E-state index >= 15 is 0 Å². The summed E-state index contributed by atoms with van der Waals surface area (Å²) >= 11 is 6.08. The van der Waals surface area contributed by atoms with Gasteiger partial charge in [-0.3, -0.25) is 4.79 Å². The number of anilines is 1. The van der Waals surface area contributed by atoms with Crippen molar-refractivity contribution < 1.29 is 13.6 Å². The lowest BCUT2D eigenvalue weighted by Gasteiger charge is -2.06. The summed E-state index contributed by atoms with van der Waals surface area (Å²) < 4.78 is 28.6. The second kappa shape index (κ2) is 7.81. The maximum Gasteiger partial charge on any atom is 0.295 e. The van der Waals surface area contributed by atoms with Gasteiger partial charge in [0, 0.05) is 10.6 Å². The molecule has 29 heavy (non-hydrogen) atoms. The third-order valence-corrected chi connectivity index (χ3v) is 4.32. The highest BCUT2D eigenvalue weighted by molar-refractivity contribution is 6.30. The second-order valence-electron chi connectivity index (χ2n) is 6.09. The summed E-state index contributed by atoms with van der Waals surface area (Å²) in [7, 11) is 0. The van der Waals surface area contributed by atoms with Gasteiger partial charge in [-0.1, -0.05) is 35.9 Å². The van der Waals surface area contributed by atoms with Gasteiger partial charge in [0.15, 0.2) is 5.82 Å². The first-order valence-electron chi connectivity index (χ1n) is 8.56. The average molecular weight is 411 g/mol. The van der Waals surface area contributed by atoms with Crippen molar-refractivity contribution in [1.29, 1.82) is 0 Å². The Bertz CT molecular complexity index is 1190. The maximum atomic E-state index is 13.9. The smallest absolute Gasteiger partial charge is 0.295 e. The number of benzene rings is 3. The molecule has 0 aliphatic rings. The summed E-state index contributed by atoms with van der Waals surface area (Å²) in [5.41, 5.74) is 1.12. The molecule has 1 heterocycles. The molecule has 8 heteroatoms. The Morgan fingerprint density at radius 3 is 2.45 bits per heavy atom. The minimum absolute atomic E-state index is 0.0138. The van der Waals surface area contributed by atoms with Crippen molar-refractivity contribution in [2.45, 2.75) is 0 Å². The topological polar surface area (TPSA) is 59.8 Å². The zero-order valence-electron chi connectivity index (χ0n) is 14.8. The van der Waals surface area contributed by atoms with E-state index in [4.69, 9.17) is 11.6 Å². The minimum atomic E-state index is -0.681. The molecule has 0 fully saturated rings. The molecule has 0 atom stereocenters. The Balaban J connectivity index is 1.78. The molecular formula is C21H13ClF2N4O. The largest absolute Gasteiger partial charge is 0.317 e. The molecule has 5 nitrogen and oxygen atoms in total. The van der Waals surface area contributed by atoms with Crippen LogP contribution in [0.25, 0.3) is 17.1 Å². The predicted molar refractivity (Wildman–Crippen MR) is 106 cm³/mol. The fourth-order valence-corrected chi connectivity index (χ4v) is 2.92. The van der Waals surface area contributed by atoms with E-state index in [9.17, 15) is 13.6 Å². The Morgan fingerprint density at radius 1 is 0.966 bits per heavy atom. The van der Waals surface area contributed by atoms with E-state index in [1.165, 1.54) is 47.1 Å². The van der Waals surface area contributed by atoms with Crippen LogP contribution in [0.15, 0.2) is 72.8 Å². The van der Waals surface area contributed by atoms with Crippen molar-refractivity contribution in [3.63, 3.8) is 0 Å². The lowest BCUT2D eigenvalue weighted by molar-refractivity contribution is 0.101. The lowest BCUT2D eigenvalue weighted by atomic mass is 10.2. The molecule has 0 radical (unpaired) electrons. The van der Waals surface area contributed by atoms with Gasteiger partial charge in [0.1, 0.15) is 11.6 Å². The van der Waals surface area contributed by atoms with E-state index in [1.807, 2.05) is 0 Å². The molecule has 0 saturated heterocycles.